The lowest BCUT2D eigenvalue weighted by atomic mass is 9.91. The molecule has 1 N–H and O–H groups in total. The Morgan fingerprint density at radius 2 is 2.33 bits per heavy atom. The topological polar surface area (TPSA) is 38.7 Å². The molecule has 1 fully saturated rings. The zero-order chi connectivity index (χ0) is 13.0. The maximum Gasteiger partial charge on any atom is 0.122 e. The van der Waals surface area contributed by atoms with Crippen LogP contribution in [0.25, 0.3) is 0 Å². The molecule has 0 amide bonds. The van der Waals surface area contributed by atoms with E-state index in [1.807, 2.05) is 12.1 Å². The summed E-state index contributed by atoms with van der Waals surface area (Å²) in [5.41, 5.74) is 2.27. The standard InChI is InChI=1S/C15H22O3/c1-11-5-6-15(17-2)13(8-11)9-14(16)12-4-3-7-18-10-12/h5-6,8,12,14,16H,3-4,7,9-10H2,1-2H3. The van der Waals surface area contributed by atoms with Crippen LogP contribution in [-0.2, 0) is 11.2 Å². The number of ether oxygens (including phenoxy) is 2. The van der Waals surface area contributed by atoms with Crippen LogP contribution in [0.4, 0.5) is 0 Å². The minimum atomic E-state index is -0.346. The van der Waals surface area contributed by atoms with E-state index in [4.69, 9.17) is 9.47 Å². The summed E-state index contributed by atoms with van der Waals surface area (Å²) in [6, 6.07) is 6.08. The predicted octanol–water partition coefficient (Wildman–Crippen LogP) is 2.33. The Balaban J connectivity index is 2.05. The second-order valence-electron chi connectivity index (χ2n) is 5.06. The first kappa shape index (κ1) is 13.4. The van der Waals surface area contributed by atoms with Crippen LogP contribution in [0.1, 0.15) is 24.0 Å². The van der Waals surface area contributed by atoms with E-state index in [1.54, 1.807) is 7.11 Å². The fraction of sp³-hybridized carbons (Fsp3) is 0.600. The average Bonchev–Trinajstić information content (AvgIpc) is 2.40. The zero-order valence-corrected chi connectivity index (χ0v) is 11.2. The minimum Gasteiger partial charge on any atom is -0.496 e. The Bertz CT molecular complexity index is 383. The van der Waals surface area contributed by atoms with Gasteiger partial charge in [-0.3, -0.25) is 0 Å². The third-order valence-electron chi connectivity index (χ3n) is 3.60. The van der Waals surface area contributed by atoms with Crippen molar-refractivity contribution in [1.29, 1.82) is 0 Å². The number of aliphatic hydroxyl groups excluding tert-OH is 1. The van der Waals surface area contributed by atoms with E-state index in [9.17, 15) is 5.11 Å². The van der Waals surface area contributed by atoms with Crippen LogP contribution in [0.15, 0.2) is 18.2 Å². The fourth-order valence-corrected chi connectivity index (χ4v) is 2.53. The molecule has 1 aliphatic rings. The summed E-state index contributed by atoms with van der Waals surface area (Å²) in [4.78, 5) is 0. The van der Waals surface area contributed by atoms with Crippen molar-refractivity contribution < 1.29 is 14.6 Å². The largest absolute Gasteiger partial charge is 0.496 e. The summed E-state index contributed by atoms with van der Waals surface area (Å²) >= 11 is 0. The highest BCUT2D eigenvalue weighted by Gasteiger charge is 2.23. The maximum atomic E-state index is 10.3. The summed E-state index contributed by atoms with van der Waals surface area (Å²) in [6.45, 7) is 3.56. The van der Waals surface area contributed by atoms with E-state index in [0.29, 0.717) is 13.0 Å². The predicted molar refractivity (Wildman–Crippen MR) is 71.0 cm³/mol. The van der Waals surface area contributed by atoms with Crippen LogP contribution < -0.4 is 4.74 Å². The Hall–Kier alpha value is -1.06. The van der Waals surface area contributed by atoms with E-state index >= 15 is 0 Å². The number of methoxy groups -OCH3 is 1. The second kappa shape index (κ2) is 6.21. The van der Waals surface area contributed by atoms with Crippen LogP contribution in [-0.4, -0.2) is 31.5 Å². The van der Waals surface area contributed by atoms with Gasteiger partial charge in [0.15, 0.2) is 0 Å². The lowest BCUT2D eigenvalue weighted by molar-refractivity contribution is -0.00863. The fourth-order valence-electron chi connectivity index (χ4n) is 2.53. The summed E-state index contributed by atoms with van der Waals surface area (Å²) in [7, 11) is 1.67. The van der Waals surface area contributed by atoms with Crippen molar-refractivity contribution in [3.8, 4) is 5.75 Å². The van der Waals surface area contributed by atoms with E-state index < -0.39 is 0 Å². The molecule has 0 aromatic heterocycles. The van der Waals surface area contributed by atoms with Crippen LogP contribution in [0.5, 0.6) is 5.75 Å². The molecule has 1 aliphatic heterocycles. The van der Waals surface area contributed by atoms with Gasteiger partial charge in [-0.2, -0.15) is 0 Å². The van der Waals surface area contributed by atoms with Crippen LogP contribution in [0.2, 0.25) is 0 Å². The second-order valence-corrected chi connectivity index (χ2v) is 5.06. The first-order valence-electron chi connectivity index (χ1n) is 6.60. The van der Waals surface area contributed by atoms with Gasteiger partial charge in [-0.05, 0) is 31.4 Å². The molecule has 2 unspecified atom stereocenters. The molecular formula is C15H22O3. The quantitative estimate of drug-likeness (QED) is 0.891. The SMILES string of the molecule is COc1ccc(C)cc1CC(O)C1CCCOC1. The van der Waals surface area contributed by atoms with Crippen molar-refractivity contribution in [3.05, 3.63) is 29.3 Å². The number of aryl methyl sites for hydroxylation is 1. The monoisotopic (exact) mass is 250 g/mol. The van der Waals surface area contributed by atoms with Gasteiger partial charge in [0.1, 0.15) is 5.75 Å². The molecule has 2 rings (SSSR count). The van der Waals surface area contributed by atoms with E-state index in [2.05, 4.69) is 13.0 Å². The van der Waals surface area contributed by atoms with Crippen molar-refractivity contribution in [1.82, 2.24) is 0 Å². The highest BCUT2D eigenvalue weighted by atomic mass is 16.5. The number of rotatable bonds is 4. The van der Waals surface area contributed by atoms with Gasteiger partial charge in [-0.15, -0.1) is 0 Å². The zero-order valence-electron chi connectivity index (χ0n) is 11.2. The highest BCUT2D eigenvalue weighted by molar-refractivity contribution is 5.37. The Kier molecular flexibility index (Phi) is 4.61. The molecule has 1 saturated heterocycles. The number of hydrogen-bond acceptors (Lipinski definition) is 3. The molecular weight excluding hydrogens is 228 g/mol. The Labute approximate surface area is 109 Å². The van der Waals surface area contributed by atoms with Crippen LogP contribution in [0, 0.1) is 12.8 Å². The first-order valence-corrected chi connectivity index (χ1v) is 6.60. The molecule has 1 aromatic rings. The van der Waals surface area contributed by atoms with Gasteiger partial charge in [0.05, 0.1) is 19.8 Å². The maximum absolute atomic E-state index is 10.3. The van der Waals surface area contributed by atoms with Crippen molar-refractivity contribution >= 4 is 0 Å². The smallest absolute Gasteiger partial charge is 0.122 e. The number of aliphatic hydroxyl groups is 1. The third kappa shape index (κ3) is 3.24. The van der Waals surface area contributed by atoms with Gasteiger partial charge in [0, 0.05) is 18.9 Å². The minimum absolute atomic E-state index is 0.254. The van der Waals surface area contributed by atoms with Gasteiger partial charge in [0.25, 0.3) is 0 Å². The highest BCUT2D eigenvalue weighted by Crippen LogP contribution is 2.25. The number of hydrogen-bond donors (Lipinski definition) is 1. The lowest BCUT2D eigenvalue weighted by Gasteiger charge is -2.27. The van der Waals surface area contributed by atoms with Crippen molar-refractivity contribution in [2.75, 3.05) is 20.3 Å². The summed E-state index contributed by atoms with van der Waals surface area (Å²) < 4.78 is 10.8. The van der Waals surface area contributed by atoms with Gasteiger partial charge >= 0.3 is 0 Å². The van der Waals surface area contributed by atoms with Crippen molar-refractivity contribution in [2.45, 2.75) is 32.3 Å². The lowest BCUT2D eigenvalue weighted by Crippen LogP contribution is -2.30. The summed E-state index contributed by atoms with van der Waals surface area (Å²) in [5.74, 6) is 1.11. The summed E-state index contributed by atoms with van der Waals surface area (Å²) in [5, 5.41) is 10.3. The molecule has 1 heterocycles. The molecule has 0 saturated carbocycles. The van der Waals surface area contributed by atoms with Gasteiger partial charge in [-0.1, -0.05) is 17.7 Å². The number of benzene rings is 1. The van der Waals surface area contributed by atoms with Gasteiger partial charge < -0.3 is 14.6 Å². The molecule has 3 heteroatoms. The summed E-state index contributed by atoms with van der Waals surface area (Å²) in [6.07, 6.45) is 2.39. The molecule has 2 atom stereocenters. The van der Waals surface area contributed by atoms with Gasteiger partial charge in [-0.25, -0.2) is 0 Å². The molecule has 1 aromatic carbocycles. The molecule has 0 spiro atoms. The first-order chi connectivity index (χ1) is 8.70. The van der Waals surface area contributed by atoms with Crippen molar-refractivity contribution in [2.24, 2.45) is 5.92 Å². The Morgan fingerprint density at radius 1 is 1.50 bits per heavy atom. The normalized spacial score (nSPS) is 21.6. The molecule has 3 nitrogen and oxygen atoms in total. The van der Waals surface area contributed by atoms with Crippen molar-refractivity contribution in [3.63, 3.8) is 0 Å². The van der Waals surface area contributed by atoms with Crippen LogP contribution in [0.3, 0.4) is 0 Å². The third-order valence-corrected chi connectivity index (χ3v) is 3.60. The average molecular weight is 250 g/mol. The molecule has 18 heavy (non-hydrogen) atoms. The Morgan fingerprint density at radius 3 is 3.00 bits per heavy atom. The molecule has 0 bridgehead atoms. The van der Waals surface area contributed by atoms with Crippen LogP contribution >= 0.6 is 0 Å². The van der Waals surface area contributed by atoms with E-state index in [0.717, 1.165) is 30.8 Å². The molecule has 0 radical (unpaired) electrons. The van der Waals surface area contributed by atoms with E-state index in [-0.39, 0.29) is 12.0 Å². The van der Waals surface area contributed by atoms with E-state index in [1.165, 1.54) is 5.56 Å². The molecule has 100 valence electrons. The van der Waals surface area contributed by atoms with Gasteiger partial charge in [0.2, 0.25) is 0 Å². The molecule has 0 aliphatic carbocycles.